The highest BCUT2D eigenvalue weighted by Crippen LogP contribution is 2.28. The average Bonchev–Trinajstić information content (AvgIpc) is 2.92. The fourth-order valence-corrected chi connectivity index (χ4v) is 5.04. The number of nitrogens with zero attached hydrogens (tertiary/aromatic N) is 6. The number of pyridine rings is 2. The van der Waals surface area contributed by atoms with Gasteiger partial charge in [0.25, 0.3) is 0 Å². The number of thioether (sulfide) groups is 2. The Labute approximate surface area is 206 Å². The Kier molecular flexibility index (Phi) is 7.18. The van der Waals surface area contributed by atoms with Crippen molar-refractivity contribution < 1.29 is 0 Å². The van der Waals surface area contributed by atoms with E-state index >= 15 is 0 Å². The summed E-state index contributed by atoms with van der Waals surface area (Å²) in [5.41, 5.74) is 6.37. The molecule has 0 saturated heterocycles. The summed E-state index contributed by atoms with van der Waals surface area (Å²) in [7, 11) is 0. The van der Waals surface area contributed by atoms with Crippen molar-refractivity contribution in [1.82, 2.24) is 29.9 Å². The normalized spacial score (nSPS) is 10.8. The molecule has 4 heterocycles. The van der Waals surface area contributed by atoms with Gasteiger partial charge in [0, 0.05) is 59.8 Å². The minimum absolute atomic E-state index is 0.755. The summed E-state index contributed by atoms with van der Waals surface area (Å²) in [6.07, 6.45) is 10.7. The molecule has 0 spiro atoms. The molecule has 34 heavy (non-hydrogen) atoms. The maximum atomic E-state index is 4.71. The third-order valence-electron chi connectivity index (χ3n) is 5.05. The Balaban J connectivity index is 1.26. The predicted molar refractivity (Wildman–Crippen MR) is 136 cm³/mol. The molecule has 0 aliphatic rings. The molecule has 1 aromatic carbocycles. The molecular weight excluding hydrogens is 460 g/mol. The second-order valence-electron chi connectivity index (χ2n) is 7.27. The predicted octanol–water partition coefficient (Wildman–Crippen LogP) is 5.98. The number of aromatic nitrogens is 6. The molecule has 0 saturated carbocycles. The van der Waals surface area contributed by atoms with Crippen LogP contribution in [-0.4, -0.2) is 29.9 Å². The molecule has 0 amide bonds. The molecule has 8 heteroatoms. The highest BCUT2D eigenvalue weighted by molar-refractivity contribution is 7.98. The van der Waals surface area contributed by atoms with Crippen LogP contribution in [0.15, 0.2) is 108 Å². The molecule has 5 aromatic rings. The van der Waals surface area contributed by atoms with E-state index in [0.717, 1.165) is 44.3 Å². The highest BCUT2D eigenvalue weighted by Gasteiger charge is 2.09. The average molecular weight is 481 g/mol. The molecular formula is C26H20N6S2. The van der Waals surface area contributed by atoms with Crippen molar-refractivity contribution in [3.63, 3.8) is 0 Å². The van der Waals surface area contributed by atoms with Crippen molar-refractivity contribution in [3.8, 4) is 22.5 Å². The van der Waals surface area contributed by atoms with Crippen LogP contribution in [0.4, 0.5) is 0 Å². The van der Waals surface area contributed by atoms with Gasteiger partial charge in [0.05, 0.1) is 11.4 Å². The summed E-state index contributed by atoms with van der Waals surface area (Å²) in [6, 6.07) is 20.1. The largest absolute Gasteiger partial charge is 0.265 e. The molecule has 0 fully saturated rings. The van der Waals surface area contributed by atoms with Crippen LogP contribution in [0.2, 0.25) is 0 Å². The maximum Gasteiger partial charge on any atom is 0.188 e. The van der Waals surface area contributed by atoms with E-state index in [1.165, 1.54) is 11.1 Å². The Hall–Kier alpha value is -3.62. The smallest absolute Gasteiger partial charge is 0.188 e. The van der Waals surface area contributed by atoms with Crippen LogP contribution in [0.1, 0.15) is 11.1 Å². The van der Waals surface area contributed by atoms with Gasteiger partial charge < -0.3 is 0 Å². The lowest BCUT2D eigenvalue weighted by molar-refractivity contribution is 0.969. The van der Waals surface area contributed by atoms with E-state index in [0.29, 0.717) is 0 Å². The van der Waals surface area contributed by atoms with Gasteiger partial charge in [-0.2, -0.15) is 0 Å². The molecule has 0 radical (unpaired) electrons. The summed E-state index contributed by atoms with van der Waals surface area (Å²) in [6.45, 7) is 0. The van der Waals surface area contributed by atoms with E-state index in [4.69, 9.17) is 9.97 Å². The first-order valence-corrected chi connectivity index (χ1v) is 12.6. The zero-order valence-electron chi connectivity index (χ0n) is 18.2. The SMILES string of the molecule is c1ccc(CSc2nccc(-c3ccncc3)n2)c(CSc2nccc(-c3ccncc3)n2)c1. The second kappa shape index (κ2) is 11.0. The quantitative estimate of drug-likeness (QED) is 0.198. The Morgan fingerprint density at radius 2 is 0.941 bits per heavy atom. The molecule has 5 rings (SSSR count). The van der Waals surface area contributed by atoms with Gasteiger partial charge in [-0.1, -0.05) is 47.8 Å². The molecule has 0 atom stereocenters. The Morgan fingerprint density at radius 1 is 0.500 bits per heavy atom. The van der Waals surface area contributed by atoms with Gasteiger partial charge in [0.15, 0.2) is 10.3 Å². The minimum atomic E-state index is 0.755. The van der Waals surface area contributed by atoms with Gasteiger partial charge in [0.1, 0.15) is 0 Å². The van der Waals surface area contributed by atoms with E-state index in [-0.39, 0.29) is 0 Å². The van der Waals surface area contributed by atoms with Crippen LogP contribution in [0, 0.1) is 0 Å². The van der Waals surface area contributed by atoms with Crippen molar-refractivity contribution in [2.75, 3.05) is 0 Å². The van der Waals surface area contributed by atoms with Crippen molar-refractivity contribution in [1.29, 1.82) is 0 Å². The lowest BCUT2D eigenvalue weighted by Crippen LogP contribution is -1.95. The van der Waals surface area contributed by atoms with Crippen LogP contribution in [0.25, 0.3) is 22.5 Å². The van der Waals surface area contributed by atoms with Crippen LogP contribution in [0.5, 0.6) is 0 Å². The summed E-state index contributed by atoms with van der Waals surface area (Å²) >= 11 is 3.27. The maximum absolute atomic E-state index is 4.71. The first-order chi connectivity index (χ1) is 16.8. The van der Waals surface area contributed by atoms with Crippen molar-refractivity contribution >= 4 is 23.5 Å². The third-order valence-corrected chi connectivity index (χ3v) is 6.87. The first kappa shape index (κ1) is 22.2. The van der Waals surface area contributed by atoms with E-state index in [2.05, 4.69) is 44.2 Å². The monoisotopic (exact) mass is 480 g/mol. The molecule has 0 unspecified atom stereocenters. The summed E-state index contributed by atoms with van der Waals surface area (Å²) in [5.74, 6) is 1.57. The molecule has 6 nitrogen and oxygen atoms in total. The summed E-state index contributed by atoms with van der Waals surface area (Å²) < 4.78 is 0. The standard InChI is InChI=1S/C26H20N6S2/c1-2-4-22(18-34-26-30-16-10-24(32-26)20-7-13-28-14-8-20)21(3-1)17-33-25-29-15-9-23(31-25)19-5-11-27-12-6-19/h1-16H,17-18H2. The molecule has 0 aliphatic carbocycles. The second-order valence-corrected chi connectivity index (χ2v) is 9.15. The van der Waals surface area contributed by atoms with E-state index in [1.807, 2.05) is 36.4 Å². The number of rotatable bonds is 8. The minimum Gasteiger partial charge on any atom is -0.265 e. The first-order valence-electron chi connectivity index (χ1n) is 10.6. The fraction of sp³-hybridized carbons (Fsp3) is 0.0769. The fourth-order valence-electron chi connectivity index (χ4n) is 3.31. The molecule has 166 valence electrons. The lowest BCUT2D eigenvalue weighted by atomic mass is 10.1. The Morgan fingerprint density at radius 3 is 1.38 bits per heavy atom. The van der Waals surface area contributed by atoms with Gasteiger partial charge in [-0.25, -0.2) is 19.9 Å². The lowest BCUT2D eigenvalue weighted by Gasteiger charge is -2.09. The summed E-state index contributed by atoms with van der Waals surface area (Å²) in [4.78, 5) is 26.5. The number of hydrogen-bond donors (Lipinski definition) is 0. The topological polar surface area (TPSA) is 77.3 Å². The third kappa shape index (κ3) is 5.65. The van der Waals surface area contributed by atoms with E-state index in [1.54, 1.807) is 60.7 Å². The van der Waals surface area contributed by atoms with Gasteiger partial charge in [0.2, 0.25) is 0 Å². The van der Waals surface area contributed by atoms with Crippen molar-refractivity contribution in [2.24, 2.45) is 0 Å². The van der Waals surface area contributed by atoms with Crippen molar-refractivity contribution in [3.05, 3.63) is 109 Å². The highest BCUT2D eigenvalue weighted by atomic mass is 32.2. The van der Waals surface area contributed by atoms with Crippen LogP contribution >= 0.6 is 23.5 Å². The molecule has 0 N–H and O–H groups in total. The van der Waals surface area contributed by atoms with Gasteiger partial charge >= 0.3 is 0 Å². The van der Waals surface area contributed by atoms with Crippen LogP contribution in [0.3, 0.4) is 0 Å². The van der Waals surface area contributed by atoms with E-state index in [9.17, 15) is 0 Å². The number of benzene rings is 1. The van der Waals surface area contributed by atoms with Gasteiger partial charge in [-0.05, 0) is 47.5 Å². The molecule has 4 aromatic heterocycles. The molecule has 0 aliphatic heterocycles. The molecule has 0 bridgehead atoms. The number of hydrogen-bond acceptors (Lipinski definition) is 8. The Bertz CT molecular complexity index is 1260. The van der Waals surface area contributed by atoms with E-state index < -0.39 is 0 Å². The van der Waals surface area contributed by atoms with Crippen LogP contribution < -0.4 is 0 Å². The van der Waals surface area contributed by atoms with Crippen LogP contribution in [-0.2, 0) is 11.5 Å². The van der Waals surface area contributed by atoms with Gasteiger partial charge in [-0.3, -0.25) is 9.97 Å². The zero-order valence-corrected chi connectivity index (χ0v) is 19.8. The zero-order chi connectivity index (χ0) is 23.0. The van der Waals surface area contributed by atoms with Gasteiger partial charge in [-0.15, -0.1) is 0 Å². The van der Waals surface area contributed by atoms with Crippen molar-refractivity contribution in [2.45, 2.75) is 21.8 Å². The summed E-state index contributed by atoms with van der Waals surface area (Å²) in [5, 5.41) is 1.51.